The molecule has 3 heterocycles. The lowest BCUT2D eigenvalue weighted by Gasteiger charge is -2.30. The molecule has 1 aromatic carbocycles. The summed E-state index contributed by atoms with van der Waals surface area (Å²) in [5.41, 5.74) is 3.20. The van der Waals surface area contributed by atoms with E-state index in [1.54, 1.807) is 19.1 Å². The van der Waals surface area contributed by atoms with Gasteiger partial charge in [-0.05, 0) is 99.1 Å². The third-order valence-corrected chi connectivity index (χ3v) is 15.3. The summed E-state index contributed by atoms with van der Waals surface area (Å²) in [7, 11) is -9.85. The molecule has 1 aromatic heterocycles. The first-order valence-corrected chi connectivity index (χ1v) is 26.3. The molecular formula is C46H63N4O13S3+. The number of aromatic hydroxyl groups is 2. The molecule has 66 heavy (non-hydrogen) atoms. The first-order valence-electron chi connectivity index (χ1n) is 21.7. The molecule has 5 rings (SSSR count). The highest BCUT2D eigenvalue weighted by Crippen LogP contribution is 2.51. The van der Waals surface area contributed by atoms with Crippen LogP contribution in [-0.2, 0) is 60.9 Å². The zero-order valence-corrected chi connectivity index (χ0v) is 41.3. The molecule has 3 aliphatic rings. The molecule has 2 aromatic rings. The molecule has 0 bridgehead atoms. The first kappa shape index (κ1) is 52.0. The third kappa shape index (κ3) is 12.5. The molecule has 17 nitrogen and oxygen atoms in total. The predicted octanol–water partition coefficient (Wildman–Crippen LogP) is 5.64. The Morgan fingerprint density at radius 2 is 1.67 bits per heavy atom. The number of anilines is 1. The fourth-order valence-electron chi connectivity index (χ4n) is 8.38. The van der Waals surface area contributed by atoms with Gasteiger partial charge in [-0.3, -0.25) is 22.3 Å². The summed E-state index contributed by atoms with van der Waals surface area (Å²) in [6.45, 7) is 13.3. The van der Waals surface area contributed by atoms with Gasteiger partial charge in [0.1, 0.15) is 24.6 Å². The van der Waals surface area contributed by atoms with Crippen LogP contribution in [0.4, 0.5) is 5.69 Å². The van der Waals surface area contributed by atoms with E-state index >= 15 is 0 Å². The van der Waals surface area contributed by atoms with Crippen molar-refractivity contribution in [2.75, 3.05) is 56.8 Å². The number of rotatable bonds is 21. The van der Waals surface area contributed by atoms with E-state index in [-0.39, 0.29) is 78.4 Å². The van der Waals surface area contributed by atoms with Crippen LogP contribution in [0.5, 0.6) is 11.8 Å². The van der Waals surface area contributed by atoms with Crippen molar-refractivity contribution in [2.24, 2.45) is 0 Å². The second-order valence-electron chi connectivity index (χ2n) is 17.6. The van der Waals surface area contributed by atoms with Gasteiger partial charge < -0.3 is 24.8 Å². The van der Waals surface area contributed by atoms with Crippen molar-refractivity contribution in [1.29, 1.82) is 0 Å². The molecular weight excluding hydrogens is 913 g/mol. The molecule has 0 saturated heterocycles. The number of benzene rings is 2. The lowest BCUT2D eigenvalue weighted by molar-refractivity contribution is -0.121. The average molecular weight is 976 g/mol. The molecule has 1 amide bonds. The largest absolute Gasteiger partial charge is 0.494 e. The highest BCUT2D eigenvalue weighted by atomic mass is 32.2. The number of nitrogens with one attached hydrogen (secondary N) is 1. The second-order valence-corrected chi connectivity index (χ2v) is 22.7. The standard InChI is InChI=1S/C46H62N4O13S3/c1-9-48(23-12-26-64(54,55)56)33-17-19-36-37(45(3,4)5)30-34(63-40(36)29-33)14-10-15-41-46(6,21-11-16-42(51)47-22-25-50-43(52)28-32(2)44(50)53)38-31-35(66(59,60)62-8)18-20-39(38)49(41)24-13-27-65(57,58)61-7/h10,14-15,17-20,28-31H,9,11-13,16,21-27H2,1-8H3,(H3-,47,51,52,53,54,55,56)/p+1. The van der Waals surface area contributed by atoms with Crippen molar-refractivity contribution in [1.82, 2.24) is 14.5 Å². The number of hydrogen-bond donors (Lipinski definition) is 4. The number of hydrogen-bond acceptors (Lipinski definition) is 13. The third-order valence-electron chi connectivity index (χ3n) is 11.9. The monoisotopic (exact) mass is 975 g/mol. The second kappa shape index (κ2) is 20.9. The van der Waals surface area contributed by atoms with E-state index in [0.29, 0.717) is 60.0 Å². The summed E-state index contributed by atoms with van der Waals surface area (Å²) in [6.07, 6.45) is 6.74. The molecule has 0 spiro atoms. The van der Waals surface area contributed by atoms with Gasteiger partial charge in [0, 0.05) is 72.5 Å². The van der Waals surface area contributed by atoms with Crippen molar-refractivity contribution in [3.8, 4) is 23.1 Å². The van der Waals surface area contributed by atoms with Crippen LogP contribution in [0, 0.1) is 6.92 Å². The van der Waals surface area contributed by atoms with Crippen LogP contribution >= 0.6 is 0 Å². The Morgan fingerprint density at radius 1 is 0.939 bits per heavy atom. The van der Waals surface area contributed by atoms with E-state index in [0.717, 1.165) is 30.7 Å². The highest BCUT2D eigenvalue weighted by Gasteiger charge is 2.44. The molecule has 4 N–H and O–H groups in total. The van der Waals surface area contributed by atoms with Crippen LogP contribution in [-0.4, -0.2) is 102 Å². The average Bonchev–Trinajstić information content (AvgIpc) is 3.63. The van der Waals surface area contributed by atoms with Gasteiger partial charge in [-0.1, -0.05) is 26.8 Å². The van der Waals surface area contributed by atoms with Crippen molar-refractivity contribution < 1.29 is 57.6 Å². The zero-order valence-electron chi connectivity index (χ0n) is 38.8. The first-order chi connectivity index (χ1) is 30.8. The van der Waals surface area contributed by atoms with Crippen LogP contribution in [0.1, 0.15) is 89.2 Å². The maximum absolute atomic E-state index is 13.2. The Balaban J connectivity index is 1.56. The minimum atomic E-state index is -4.12. The molecule has 0 fully saturated rings. The smallest absolute Gasteiger partial charge is 0.296 e. The number of carbonyl (C=O) groups excluding carboxylic acids is 1. The summed E-state index contributed by atoms with van der Waals surface area (Å²) in [4.78, 5) is 15.0. The van der Waals surface area contributed by atoms with E-state index < -0.39 is 35.8 Å². The number of allylic oxidation sites excluding steroid dienone is 3. The Labute approximate surface area is 388 Å². The molecule has 0 radical (unpaired) electrons. The Morgan fingerprint density at radius 3 is 2.29 bits per heavy atom. The Kier molecular flexibility index (Phi) is 16.5. The predicted molar refractivity (Wildman–Crippen MR) is 253 cm³/mol. The minimum absolute atomic E-state index is 0.0673. The summed E-state index contributed by atoms with van der Waals surface area (Å²) in [5, 5.41) is 24.1. The number of amides is 1. The van der Waals surface area contributed by atoms with Gasteiger partial charge in [-0.2, -0.15) is 25.3 Å². The number of aromatic nitrogens is 1. The van der Waals surface area contributed by atoms with Crippen molar-refractivity contribution in [3.05, 3.63) is 94.2 Å². The van der Waals surface area contributed by atoms with E-state index in [1.165, 1.54) is 16.7 Å². The molecule has 1 aliphatic carbocycles. The van der Waals surface area contributed by atoms with E-state index in [9.17, 15) is 44.8 Å². The number of carbonyl (C=O) groups is 1. The topological polar surface area (TPSA) is 235 Å². The highest BCUT2D eigenvalue weighted by molar-refractivity contribution is 7.87. The van der Waals surface area contributed by atoms with Crippen LogP contribution in [0.25, 0.3) is 17.4 Å². The van der Waals surface area contributed by atoms with Crippen molar-refractivity contribution in [3.63, 3.8) is 0 Å². The maximum Gasteiger partial charge on any atom is 0.296 e. The molecule has 0 saturated carbocycles. The zero-order chi connectivity index (χ0) is 48.8. The van der Waals surface area contributed by atoms with Crippen LogP contribution in [0.15, 0.2) is 75.7 Å². The van der Waals surface area contributed by atoms with Crippen molar-refractivity contribution in [2.45, 2.75) is 95.9 Å². The molecule has 2 aliphatic heterocycles. The molecule has 1 unspecified atom stereocenters. The maximum atomic E-state index is 13.2. The van der Waals surface area contributed by atoms with E-state index in [1.807, 2.05) is 65.8 Å². The number of nitrogens with zero attached hydrogens (tertiary/aromatic N) is 3. The summed E-state index contributed by atoms with van der Waals surface area (Å²) >= 11 is 0. The fourth-order valence-corrected chi connectivity index (χ4v) is 10.2. The Hall–Kier alpha value is -4.99. The quantitative estimate of drug-likeness (QED) is 0.0450. The van der Waals surface area contributed by atoms with E-state index in [4.69, 9.17) is 12.8 Å². The van der Waals surface area contributed by atoms with Gasteiger partial charge in [0.15, 0.2) is 11.8 Å². The van der Waals surface area contributed by atoms with Gasteiger partial charge in [0.2, 0.25) is 11.3 Å². The van der Waals surface area contributed by atoms with E-state index in [2.05, 4.69) is 26.1 Å². The SMILES string of the molecule is CC[N+](CCCS(=O)(=O)O)=c1ccc2c(C(C)(C)C)cc(C=CC=C3N(CCCS(=O)(=O)OC)c4ccc(S(=O)(=O)OC)cc4C3(C)CCCC(=O)NCCn3c(O)cc(C)c3O)oc-2c1. The molecule has 362 valence electrons. The van der Waals surface area contributed by atoms with Gasteiger partial charge in [0.25, 0.3) is 30.4 Å². The van der Waals surface area contributed by atoms with Gasteiger partial charge in [-0.15, -0.1) is 0 Å². The van der Waals surface area contributed by atoms with Gasteiger partial charge >= 0.3 is 0 Å². The fraction of sp³-hybridized carbons (Fsp3) is 0.478. The normalized spacial score (nSPS) is 17.0. The lowest BCUT2D eigenvalue weighted by Crippen LogP contribution is -2.31. The Bertz CT molecular complexity index is 2860. The molecule has 20 heteroatoms. The number of aryl methyl sites for hydroxylation is 1. The lowest BCUT2D eigenvalue weighted by atomic mass is 9.77. The van der Waals surface area contributed by atoms with Crippen LogP contribution < -0.4 is 20.1 Å². The minimum Gasteiger partial charge on any atom is -0.494 e. The summed E-state index contributed by atoms with van der Waals surface area (Å²) < 4.78 is 102. The van der Waals surface area contributed by atoms with Gasteiger partial charge in [0.05, 0.1) is 36.7 Å². The summed E-state index contributed by atoms with van der Waals surface area (Å²) in [6, 6.07) is 13.9. The van der Waals surface area contributed by atoms with Crippen molar-refractivity contribution >= 4 is 48.0 Å². The van der Waals surface area contributed by atoms with Crippen LogP contribution in [0.2, 0.25) is 0 Å². The van der Waals surface area contributed by atoms with Gasteiger partial charge in [-0.25, -0.2) is 4.58 Å². The number of fused-ring (bicyclic) bond motifs is 2. The van der Waals surface area contributed by atoms with Crippen LogP contribution in [0.3, 0.4) is 0 Å². The summed E-state index contributed by atoms with van der Waals surface area (Å²) in [5.74, 6) is 0.0171. The molecule has 1 atom stereocenters.